The van der Waals surface area contributed by atoms with Crippen LogP contribution in [0.2, 0.25) is 0 Å². The summed E-state index contributed by atoms with van der Waals surface area (Å²) in [6.45, 7) is 1.63. The van der Waals surface area contributed by atoms with E-state index >= 15 is 0 Å². The second-order valence-corrected chi connectivity index (χ2v) is 5.79. The minimum Gasteiger partial charge on any atom is -0.493 e. The van der Waals surface area contributed by atoms with Gasteiger partial charge in [0.25, 0.3) is 0 Å². The predicted octanol–water partition coefficient (Wildman–Crippen LogP) is 3.58. The molecular weight excluding hydrogens is 324 g/mol. The molecule has 0 bridgehead atoms. The van der Waals surface area contributed by atoms with Crippen LogP contribution in [-0.4, -0.2) is 34.5 Å². The Hall–Kier alpha value is -0.940. The Morgan fingerprint density at radius 1 is 1.15 bits per heavy atom. The third kappa shape index (κ3) is 3.04. The molecule has 0 N–H and O–H groups in total. The number of methoxy groups -OCH3 is 3. The fraction of sp³-hybridized carbons (Fsp3) is 0.600. The van der Waals surface area contributed by atoms with Crippen LogP contribution < -0.4 is 14.2 Å². The van der Waals surface area contributed by atoms with Gasteiger partial charge < -0.3 is 18.9 Å². The molecule has 2 unspecified atom stereocenters. The molecule has 4 nitrogen and oxygen atoms in total. The van der Waals surface area contributed by atoms with Crippen LogP contribution in [0.4, 0.5) is 0 Å². The lowest BCUT2D eigenvalue weighted by Crippen LogP contribution is -2.21. The Bertz CT molecular complexity index is 444. The summed E-state index contributed by atoms with van der Waals surface area (Å²) in [5.74, 6) is 2.47. The molecule has 1 heterocycles. The number of benzene rings is 1. The molecule has 2 atom stereocenters. The Balaban J connectivity index is 2.34. The molecule has 1 aromatic carbocycles. The number of rotatable bonds is 5. The van der Waals surface area contributed by atoms with E-state index in [0.717, 1.165) is 37.4 Å². The topological polar surface area (TPSA) is 36.9 Å². The van der Waals surface area contributed by atoms with E-state index in [-0.39, 0.29) is 4.83 Å². The van der Waals surface area contributed by atoms with Gasteiger partial charge in [0, 0.05) is 17.0 Å². The highest BCUT2D eigenvalue weighted by molar-refractivity contribution is 9.09. The van der Waals surface area contributed by atoms with Gasteiger partial charge in [-0.1, -0.05) is 22.0 Å². The standard InChI is InChI=1S/C15H21BrO4/c1-17-12-7-6-11(14(18-2)15(12)19-3)13(16)10-5-4-8-20-9-10/h6-7,10,13H,4-5,8-9H2,1-3H3. The van der Waals surface area contributed by atoms with Gasteiger partial charge in [0.05, 0.1) is 27.9 Å². The molecule has 20 heavy (non-hydrogen) atoms. The summed E-state index contributed by atoms with van der Waals surface area (Å²) in [4.78, 5) is 0.178. The molecule has 0 aromatic heterocycles. The van der Waals surface area contributed by atoms with Crippen LogP contribution in [0.15, 0.2) is 12.1 Å². The minimum atomic E-state index is 0.178. The van der Waals surface area contributed by atoms with Crippen molar-refractivity contribution in [1.29, 1.82) is 0 Å². The lowest BCUT2D eigenvalue weighted by atomic mass is 9.93. The SMILES string of the molecule is COc1ccc(C(Br)C2CCCOC2)c(OC)c1OC. The van der Waals surface area contributed by atoms with Gasteiger partial charge in [-0.25, -0.2) is 0 Å². The number of alkyl halides is 1. The molecule has 1 fully saturated rings. The van der Waals surface area contributed by atoms with Crippen molar-refractivity contribution in [3.05, 3.63) is 17.7 Å². The zero-order valence-electron chi connectivity index (χ0n) is 12.1. The van der Waals surface area contributed by atoms with E-state index in [0.29, 0.717) is 17.4 Å². The van der Waals surface area contributed by atoms with Crippen LogP contribution in [0.5, 0.6) is 17.2 Å². The first-order chi connectivity index (χ1) is 9.72. The smallest absolute Gasteiger partial charge is 0.203 e. The molecule has 0 radical (unpaired) electrons. The highest BCUT2D eigenvalue weighted by Crippen LogP contribution is 2.47. The largest absolute Gasteiger partial charge is 0.493 e. The number of ether oxygens (including phenoxy) is 4. The zero-order valence-corrected chi connectivity index (χ0v) is 13.7. The highest BCUT2D eigenvalue weighted by atomic mass is 79.9. The number of hydrogen-bond donors (Lipinski definition) is 0. The fourth-order valence-corrected chi connectivity index (χ4v) is 3.37. The molecule has 1 aliphatic rings. The van der Waals surface area contributed by atoms with Gasteiger partial charge in [-0.15, -0.1) is 0 Å². The molecule has 1 aliphatic heterocycles. The molecule has 2 rings (SSSR count). The molecule has 0 aliphatic carbocycles. The second-order valence-electron chi connectivity index (χ2n) is 4.80. The van der Waals surface area contributed by atoms with E-state index < -0.39 is 0 Å². The molecule has 1 saturated heterocycles. The molecule has 112 valence electrons. The Labute approximate surface area is 128 Å². The van der Waals surface area contributed by atoms with Crippen molar-refractivity contribution in [2.75, 3.05) is 34.5 Å². The van der Waals surface area contributed by atoms with Crippen LogP contribution in [-0.2, 0) is 4.74 Å². The predicted molar refractivity (Wildman–Crippen MR) is 81.3 cm³/mol. The molecule has 1 aromatic rings. The number of hydrogen-bond acceptors (Lipinski definition) is 4. The Morgan fingerprint density at radius 2 is 1.90 bits per heavy atom. The van der Waals surface area contributed by atoms with Gasteiger partial charge in [0.1, 0.15) is 0 Å². The molecule has 5 heteroatoms. The molecular formula is C15H21BrO4. The summed E-state index contributed by atoms with van der Waals surface area (Å²) in [7, 11) is 4.90. The van der Waals surface area contributed by atoms with Crippen molar-refractivity contribution in [2.24, 2.45) is 5.92 Å². The molecule has 0 amide bonds. The van der Waals surface area contributed by atoms with E-state index in [9.17, 15) is 0 Å². The van der Waals surface area contributed by atoms with Gasteiger partial charge in [0.15, 0.2) is 11.5 Å². The maximum Gasteiger partial charge on any atom is 0.203 e. The molecule has 0 spiro atoms. The van der Waals surface area contributed by atoms with Crippen molar-refractivity contribution in [2.45, 2.75) is 17.7 Å². The monoisotopic (exact) mass is 344 g/mol. The van der Waals surface area contributed by atoms with E-state index in [1.807, 2.05) is 12.1 Å². The third-order valence-corrected chi connectivity index (χ3v) is 4.88. The van der Waals surface area contributed by atoms with E-state index in [1.54, 1.807) is 21.3 Å². The Kier molecular flexibility index (Phi) is 5.54. The van der Waals surface area contributed by atoms with Gasteiger partial charge in [-0.2, -0.15) is 0 Å². The van der Waals surface area contributed by atoms with Crippen molar-refractivity contribution in [1.82, 2.24) is 0 Å². The quantitative estimate of drug-likeness (QED) is 0.765. The average molecular weight is 345 g/mol. The van der Waals surface area contributed by atoms with E-state index in [2.05, 4.69) is 15.9 Å². The normalized spacial score (nSPS) is 20.3. The maximum atomic E-state index is 5.57. The summed E-state index contributed by atoms with van der Waals surface area (Å²) >= 11 is 3.79. The summed E-state index contributed by atoms with van der Waals surface area (Å²) in [5, 5.41) is 0. The lowest BCUT2D eigenvalue weighted by molar-refractivity contribution is 0.0543. The summed E-state index contributed by atoms with van der Waals surface area (Å²) in [5.41, 5.74) is 1.07. The van der Waals surface area contributed by atoms with Gasteiger partial charge >= 0.3 is 0 Å². The van der Waals surface area contributed by atoms with Gasteiger partial charge in [-0.05, 0) is 24.8 Å². The minimum absolute atomic E-state index is 0.178. The van der Waals surface area contributed by atoms with Gasteiger partial charge in [-0.3, -0.25) is 0 Å². The lowest BCUT2D eigenvalue weighted by Gasteiger charge is -2.28. The zero-order chi connectivity index (χ0) is 14.5. The fourth-order valence-electron chi connectivity index (χ4n) is 2.59. The van der Waals surface area contributed by atoms with E-state index in [4.69, 9.17) is 18.9 Å². The number of halogens is 1. The molecule has 0 saturated carbocycles. The van der Waals surface area contributed by atoms with Crippen molar-refractivity contribution < 1.29 is 18.9 Å². The summed E-state index contributed by atoms with van der Waals surface area (Å²) in [6, 6.07) is 3.93. The van der Waals surface area contributed by atoms with Crippen molar-refractivity contribution in [3.8, 4) is 17.2 Å². The average Bonchev–Trinajstić information content (AvgIpc) is 2.53. The van der Waals surface area contributed by atoms with Crippen molar-refractivity contribution in [3.63, 3.8) is 0 Å². The first-order valence-electron chi connectivity index (χ1n) is 6.73. The maximum absolute atomic E-state index is 5.57. The third-order valence-electron chi connectivity index (χ3n) is 3.64. The van der Waals surface area contributed by atoms with Crippen LogP contribution in [0.25, 0.3) is 0 Å². The first-order valence-corrected chi connectivity index (χ1v) is 7.65. The summed E-state index contributed by atoms with van der Waals surface area (Å²) < 4.78 is 21.9. The Morgan fingerprint density at radius 3 is 2.45 bits per heavy atom. The van der Waals surface area contributed by atoms with Crippen molar-refractivity contribution >= 4 is 15.9 Å². The summed E-state index contributed by atoms with van der Waals surface area (Å²) in [6.07, 6.45) is 2.25. The first kappa shape index (κ1) is 15.4. The van der Waals surface area contributed by atoms with Gasteiger partial charge in [0.2, 0.25) is 5.75 Å². The second kappa shape index (κ2) is 7.18. The highest BCUT2D eigenvalue weighted by Gasteiger charge is 2.28. The van der Waals surface area contributed by atoms with E-state index in [1.165, 1.54) is 0 Å². The van der Waals surface area contributed by atoms with Crippen LogP contribution in [0.3, 0.4) is 0 Å². The van der Waals surface area contributed by atoms with Crippen LogP contribution in [0, 0.1) is 5.92 Å². The van der Waals surface area contributed by atoms with Crippen LogP contribution >= 0.6 is 15.9 Å². The van der Waals surface area contributed by atoms with Crippen LogP contribution in [0.1, 0.15) is 23.2 Å².